The van der Waals surface area contributed by atoms with Crippen molar-refractivity contribution < 1.29 is 0 Å². The first-order valence-electron chi connectivity index (χ1n) is 5.25. The molecule has 0 atom stereocenters. The molecular weight excluding hydrogens is 257 g/mol. The summed E-state index contributed by atoms with van der Waals surface area (Å²) in [7, 11) is 0. The Balaban J connectivity index is 2.72. The minimum absolute atomic E-state index is 0.409. The van der Waals surface area contributed by atoms with E-state index in [0.717, 1.165) is 22.6 Å². The number of hydrogen-bond acceptors (Lipinski definition) is 2. The van der Waals surface area contributed by atoms with E-state index in [2.05, 4.69) is 5.10 Å². The molecule has 0 fully saturated rings. The molecule has 1 aromatic carbocycles. The normalized spacial score (nSPS) is 10.9. The molecule has 17 heavy (non-hydrogen) atoms. The third-order valence-electron chi connectivity index (χ3n) is 2.71. The van der Waals surface area contributed by atoms with Crippen LogP contribution >= 0.6 is 23.2 Å². The molecule has 0 saturated heterocycles. The SMILES string of the molecule is Cc1nn(-c2c(Cl)cccc2CN)c(C)c1Cl. The number of aryl methyl sites for hydroxylation is 1. The highest BCUT2D eigenvalue weighted by Gasteiger charge is 2.15. The molecular formula is C12H13Cl2N3. The maximum absolute atomic E-state index is 6.22. The molecule has 1 aromatic heterocycles. The molecule has 0 saturated carbocycles. The summed E-state index contributed by atoms with van der Waals surface area (Å²) in [5.74, 6) is 0. The summed E-state index contributed by atoms with van der Waals surface area (Å²) in [6.45, 7) is 4.18. The van der Waals surface area contributed by atoms with Crippen LogP contribution in [0, 0.1) is 13.8 Å². The third kappa shape index (κ3) is 2.06. The van der Waals surface area contributed by atoms with Crippen LogP contribution in [0.5, 0.6) is 0 Å². The first-order chi connectivity index (χ1) is 8.06. The minimum Gasteiger partial charge on any atom is -0.326 e. The maximum atomic E-state index is 6.22. The molecule has 90 valence electrons. The zero-order chi connectivity index (χ0) is 12.6. The topological polar surface area (TPSA) is 43.8 Å². The molecule has 2 rings (SSSR count). The highest BCUT2D eigenvalue weighted by molar-refractivity contribution is 6.33. The van der Waals surface area contributed by atoms with Crippen molar-refractivity contribution in [2.24, 2.45) is 5.73 Å². The van der Waals surface area contributed by atoms with Gasteiger partial charge < -0.3 is 5.73 Å². The van der Waals surface area contributed by atoms with Crippen molar-refractivity contribution in [3.8, 4) is 5.69 Å². The first-order valence-corrected chi connectivity index (χ1v) is 6.01. The monoisotopic (exact) mass is 269 g/mol. The van der Waals surface area contributed by atoms with E-state index < -0.39 is 0 Å². The molecule has 5 heteroatoms. The second-order valence-electron chi connectivity index (χ2n) is 3.85. The molecule has 0 unspecified atom stereocenters. The summed E-state index contributed by atoms with van der Waals surface area (Å²) in [6, 6.07) is 5.63. The largest absolute Gasteiger partial charge is 0.326 e. The van der Waals surface area contributed by atoms with E-state index in [1.54, 1.807) is 4.68 Å². The van der Waals surface area contributed by atoms with Gasteiger partial charge in [-0.15, -0.1) is 0 Å². The van der Waals surface area contributed by atoms with Crippen molar-refractivity contribution in [2.75, 3.05) is 0 Å². The molecule has 0 aliphatic heterocycles. The van der Waals surface area contributed by atoms with E-state index in [1.165, 1.54) is 0 Å². The van der Waals surface area contributed by atoms with Gasteiger partial charge in [-0.05, 0) is 25.5 Å². The van der Waals surface area contributed by atoms with E-state index in [1.807, 2.05) is 32.0 Å². The summed E-state index contributed by atoms with van der Waals surface area (Å²) in [6.07, 6.45) is 0. The highest BCUT2D eigenvalue weighted by atomic mass is 35.5. The minimum atomic E-state index is 0.409. The molecule has 0 spiro atoms. The van der Waals surface area contributed by atoms with Crippen molar-refractivity contribution in [1.82, 2.24) is 9.78 Å². The molecule has 1 heterocycles. The Labute approximate surface area is 110 Å². The van der Waals surface area contributed by atoms with Gasteiger partial charge in [0.1, 0.15) is 0 Å². The molecule has 0 amide bonds. The van der Waals surface area contributed by atoms with Crippen LogP contribution in [0.4, 0.5) is 0 Å². The van der Waals surface area contributed by atoms with Crippen molar-refractivity contribution in [2.45, 2.75) is 20.4 Å². The van der Waals surface area contributed by atoms with Crippen molar-refractivity contribution in [3.63, 3.8) is 0 Å². The third-order valence-corrected chi connectivity index (χ3v) is 3.56. The predicted octanol–water partition coefficient (Wildman–Crippen LogP) is 3.25. The predicted molar refractivity (Wildman–Crippen MR) is 70.9 cm³/mol. The average Bonchev–Trinajstić information content (AvgIpc) is 2.56. The Morgan fingerprint density at radius 3 is 2.53 bits per heavy atom. The van der Waals surface area contributed by atoms with Crippen LogP contribution in [0.3, 0.4) is 0 Å². The first kappa shape index (κ1) is 12.4. The van der Waals surface area contributed by atoms with E-state index in [4.69, 9.17) is 28.9 Å². The van der Waals surface area contributed by atoms with Gasteiger partial charge in [0.2, 0.25) is 0 Å². The number of nitrogens with zero attached hydrogens (tertiary/aromatic N) is 2. The van der Waals surface area contributed by atoms with Gasteiger partial charge >= 0.3 is 0 Å². The fourth-order valence-electron chi connectivity index (χ4n) is 1.80. The fourth-order valence-corrected chi connectivity index (χ4v) is 2.20. The van der Waals surface area contributed by atoms with Gasteiger partial charge in [0.15, 0.2) is 0 Å². The smallest absolute Gasteiger partial charge is 0.0880 e. The van der Waals surface area contributed by atoms with Gasteiger partial charge in [-0.25, -0.2) is 4.68 Å². The van der Waals surface area contributed by atoms with Crippen LogP contribution < -0.4 is 5.73 Å². The molecule has 2 N–H and O–H groups in total. The van der Waals surface area contributed by atoms with Gasteiger partial charge in [-0.2, -0.15) is 5.10 Å². The number of aromatic nitrogens is 2. The van der Waals surface area contributed by atoms with Crippen LogP contribution in [0.25, 0.3) is 5.69 Å². The second kappa shape index (κ2) is 4.69. The molecule has 0 aliphatic rings. The number of para-hydroxylation sites is 1. The lowest BCUT2D eigenvalue weighted by Crippen LogP contribution is -2.07. The molecule has 3 nitrogen and oxygen atoms in total. The number of nitrogens with two attached hydrogens (primary N) is 1. The lowest BCUT2D eigenvalue weighted by Gasteiger charge is -2.11. The van der Waals surface area contributed by atoms with E-state index in [-0.39, 0.29) is 0 Å². The summed E-state index contributed by atoms with van der Waals surface area (Å²) < 4.78 is 1.75. The van der Waals surface area contributed by atoms with E-state index in [0.29, 0.717) is 16.6 Å². The number of rotatable bonds is 2. The average molecular weight is 270 g/mol. The summed E-state index contributed by atoms with van der Waals surface area (Å²) in [4.78, 5) is 0. The lowest BCUT2D eigenvalue weighted by molar-refractivity contribution is 0.818. The lowest BCUT2D eigenvalue weighted by atomic mass is 10.2. The van der Waals surface area contributed by atoms with Gasteiger partial charge in [0.05, 0.1) is 27.1 Å². The van der Waals surface area contributed by atoms with Crippen LogP contribution in [-0.2, 0) is 6.54 Å². The van der Waals surface area contributed by atoms with Crippen LogP contribution in [0.15, 0.2) is 18.2 Å². The van der Waals surface area contributed by atoms with Crippen LogP contribution in [0.2, 0.25) is 10.0 Å². The molecule has 2 aromatic rings. The Hall–Kier alpha value is -1.03. The number of hydrogen-bond donors (Lipinski definition) is 1. The van der Waals surface area contributed by atoms with Crippen LogP contribution in [0.1, 0.15) is 17.0 Å². The number of benzene rings is 1. The summed E-state index contributed by atoms with van der Waals surface area (Å²) in [5.41, 5.74) is 9.12. The maximum Gasteiger partial charge on any atom is 0.0880 e. The van der Waals surface area contributed by atoms with Crippen molar-refractivity contribution >= 4 is 23.2 Å². The Bertz CT molecular complexity index is 561. The Morgan fingerprint density at radius 2 is 2.00 bits per heavy atom. The molecule has 0 bridgehead atoms. The van der Waals surface area contributed by atoms with Gasteiger partial charge in [0, 0.05) is 6.54 Å². The summed E-state index contributed by atoms with van der Waals surface area (Å²) >= 11 is 12.4. The van der Waals surface area contributed by atoms with Crippen molar-refractivity contribution in [3.05, 3.63) is 45.2 Å². The molecule has 0 radical (unpaired) electrons. The van der Waals surface area contributed by atoms with Gasteiger partial charge in [-0.3, -0.25) is 0 Å². The number of halogens is 2. The Kier molecular flexibility index (Phi) is 3.43. The molecule has 0 aliphatic carbocycles. The zero-order valence-electron chi connectivity index (χ0n) is 9.67. The van der Waals surface area contributed by atoms with Crippen molar-refractivity contribution in [1.29, 1.82) is 0 Å². The van der Waals surface area contributed by atoms with Crippen LogP contribution in [-0.4, -0.2) is 9.78 Å². The second-order valence-corrected chi connectivity index (χ2v) is 4.63. The standard InChI is InChI=1S/C12H13Cl2N3/c1-7-11(14)8(2)17(16-7)12-9(6-15)4-3-5-10(12)13/h3-5H,6,15H2,1-2H3. The summed E-state index contributed by atoms with van der Waals surface area (Å²) in [5, 5.41) is 5.67. The highest BCUT2D eigenvalue weighted by Crippen LogP contribution is 2.28. The van der Waals surface area contributed by atoms with Gasteiger partial charge in [-0.1, -0.05) is 35.3 Å². The zero-order valence-corrected chi connectivity index (χ0v) is 11.2. The van der Waals surface area contributed by atoms with E-state index in [9.17, 15) is 0 Å². The quantitative estimate of drug-likeness (QED) is 0.910. The van der Waals surface area contributed by atoms with E-state index >= 15 is 0 Å². The van der Waals surface area contributed by atoms with Gasteiger partial charge in [0.25, 0.3) is 0 Å². The fraction of sp³-hybridized carbons (Fsp3) is 0.250. The Morgan fingerprint density at radius 1 is 1.29 bits per heavy atom.